The predicted molar refractivity (Wildman–Crippen MR) is 125 cm³/mol. The van der Waals surface area contributed by atoms with Crippen LogP contribution in [0.2, 0.25) is 0 Å². The van der Waals surface area contributed by atoms with Crippen molar-refractivity contribution in [2.24, 2.45) is 5.92 Å². The molecule has 0 aliphatic carbocycles. The fourth-order valence-electron chi connectivity index (χ4n) is 2.49. The lowest BCUT2D eigenvalue weighted by Crippen LogP contribution is -2.37. The smallest absolute Gasteiger partial charge is 0.264 e. The van der Waals surface area contributed by atoms with E-state index in [-0.39, 0.29) is 34.9 Å². The van der Waals surface area contributed by atoms with E-state index in [9.17, 15) is 9.59 Å². The van der Waals surface area contributed by atoms with Gasteiger partial charge in [-0.25, -0.2) is 0 Å². The maximum atomic E-state index is 12.1. The van der Waals surface area contributed by atoms with Crippen LogP contribution in [0.15, 0.2) is 48.5 Å². The van der Waals surface area contributed by atoms with Crippen molar-refractivity contribution in [3.05, 3.63) is 54.1 Å². The third-order valence-electron chi connectivity index (χ3n) is 4.26. The molecule has 2 aromatic rings. The Morgan fingerprint density at radius 3 is 2.17 bits per heavy atom. The summed E-state index contributed by atoms with van der Waals surface area (Å²) < 4.78 is 5.52. The number of amides is 2. The molecular weight excluding hydrogens is 398 g/mol. The first-order valence-electron chi connectivity index (χ1n) is 9.79. The molecule has 7 heteroatoms. The zero-order valence-electron chi connectivity index (χ0n) is 18.0. The molecule has 160 valence electrons. The standard InChI is InChI=1S/C23H29N3O3S/c1-15(2)21(28)24-17-7-6-8-18(13-17)25-22(30)26-20(27)14-29-19-11-9-16(10-12-19)23(3,4)5/h6-13,15H,14H2,1-5H3,(H,24,28)(H2,25,26,27,30). The first kappa shape index (κ1) is 23.3. The molecule has 3 N–H and O–H groups in total. The summed E-state index contributed by atoms with van der Waals surface area (Å²) in [5, 5.41) is 8.48. The van der Waals surface area contributed by atoms with Crippen LogP contribution in [0.25, 0.3) is 0 Å². The van der Waals surface area contributed by atoms with E-state index < -0.39 is 0 Å². The zero-order chi connectivity index (χ0) is 22.3. The maximum absolute atomic E-state index is 12.1. The monoisotopic (exact) mass is 427 g/mol. The van der Waals surface area contributed by atoms with Crippen molar-refractivity contribution in [2.45, 2.75) is 40.0 Å². The molecular formula is C23H29N3O3S. The first-order valence-corrected chi connectivity index (χ1v) is 10.2. The van der Waals surface area contributed by atoms with Gasteiger partial charge >= 0.3 is 0 Å². The molecule has 0 aliphatic heterocycles. The van der Waals surface area contributed by atoms with Gasteiger partial charge in [0.15, 0.2) is 11.7 Å². The molecule has 0 spiro atoms. The first-order chi connectivity index (χ1) is 14.0. The van der Waals surface area contributed by atoms with Crippen LogP contribution in [-0.4, -0.2) is 23.5 Å². The minimum absolute atomic E-state index is 0.0582. The second kappa shape index (κ2) is 10.2. The van der Waals surface area contributed by atoms with Crippen molar-refractivity contribution >= 4 is 40.5 Å². The van der Waals surface area contributed by atoms with E-state index in [4.69, 9.17) is 17.0 Å². The highest BCUT2D eigenvalue weighted by molar-refractivity contribution is 7.80. The molecule has 0 radical (unpaired) electrons. The summed E-state index contributed by atoms with van der Waals surface area (Å²) in [5.74, 6) is 0.0599. The topological polar surface area (TPSA) is 79.5 Å². The van der Waals surface area contributed by atoms with Crippen molar-refractivity contribution in [1.29, 1.82) is 0 Å². The average molecular weight is 428 g/mol. The number of hydrogen-bond acceptors (Lipinski definition) is 4. The molecule has 2 amide bonds. The van der Waals surface area contributed by atoms with Crippen LogP contribution in [0.5, 0.6) is 5.75 Å². The van der Waals surface area contributed by atoms with Gasteiger partial charge in [0.05, 0.1) is 0 Å². The number of carbonyl (C=O) groups is 2. The molecule has 0 bridgehead atoms. The molecule has 30 heavy (non-hydrogen) atoms. The van der Waals surface area contributed by atoms with E-state index in [2.05, 4.69) is 36.7 Å². The highest BCUT2D eigenvalue weighted by Crippen LogP contribution is 2.24. The van der Waals surface area contributed by atoms with E-state index >= 15 is 0 Å². The fourth-order valence-corrected chi connectivity index (χ4v) is 2.72. The van der Waals surface area contributed by atoms with Crippen molar-refractivity contribution in [1.82, 2.24) is 5.32 Å². The van der Waals surface area contributed by atoms with E-state index in [1.54, 1.807) is 24.3 Å². The highest BCUT2D eigenvalue weighted by Gasteiger charge is 2.13. The molecule has 2 rings (SSSR count). The van der Waals surface area contributed by atoms with Crippen LogP contribution in [0.1, 0.15) is 40.2 Å². The Morgan fingerprint density at radius 1 is 1.00 bits per heavy atom. The van der Waals surface area contributed by atoms with E-state index in [1.165, 1.54) is 5.56 Å². The summed E-state index contributed by atoms with van der Waals surface area (Å²) >= 11 is 5.19. The van der Waals surface area contributed by atoms with Crippen LogP contribution in [0, 0.1) is 5.92 Å². The Hall–Kier alpha value is -2.93. The van der Waals surface area contributed by atoms with E-state index in [0.717, 1.165) is 0 Å². The third-order valence-corrected chi connectivity index (χ3v) is 4.46. The van der Waals surface area contributed by atoms with Gasteiger partial charge < -0.3 is 15.4 Å². The molecule has 0 saturated carbocycles. The predicted octanol–water partition coefficient (Wildman–Crippen LogP) is 4.47. The summed E-state index contributed by atoms with van der Waals surface area (Å²) in [6.07, 6.45) is 0. The molecule has 0 saturated heterocycles. The Labute approximate surface area is 183 Å². The van der Waals surface area contributed by atoms with Crippen LogP contribution < -0.4 is 20.7 Å². The molecule has 0 fully saturated rings. The second-order valence-corrected chi connectivity index (χ2v) is 8.70. The minimum atomic E-state index is -0.364. The van der Waals surface area contributed by atoms with Gasteiger partial charge in [-0.05, 0) is 53.5 Å². The van der Waals surface area contributed by atoms with Crippen molar-refractivity contribution < 1.29 is 14.3 Å². The van der Waals surface area contributed by atoms with Crippen LogP contribution in [-0.2, 0) is 15.0 Å². The number of ether oxygens (including phenoxy) is 1. The highest BCUT2D eigenvalue weighted by atomic mass is 32.1. The lowest BCUT2D eigenvalue weighted by molar-refractivity contribution is -0.121. The normalized spacial score (nSPS) is 11.0. The van der Waals surface area contributed by atoms with Gasteiger partial charge in [-0.3, -0.25) is 14.9 Å². The number of thiocarbonyl (C=S) groups is 1. The summed E-state index contributed by atoms with van der Waals surface area (Å²) in [7, 11) is 0. The van der Waals surface area contributed by atoms with Gasteiger partial charge in [0.25, 0.3) is 5.91 Å². The van der Waals surface area contributed by atoms with Gasteiger partial charge in [0.2, 0.25) is 5.91 Å². The molecule has 0 aliphatic rings. The minimum Gasteiger partial charge on any atom is -0.484 e. The van der Waals surface area contributed by atoms with Crippen molar-refractivity contribution in [2.75, 3.05) is 17.2 Å². The van der Waals surface area contributed by atoms with Crippen molar-refractivity contribution in [3.8, 4) is 5.75 Å². The van der Waals surface area contributed by atoms with Gasteiger partial charge in [0, 0.05) is 17.3 Å². The lowest BCUT2D eigenvalue weighted by Gasteiger charge is -2.19. The SMILES string of the molecule is CC(C)C(=O)Nc1cccc(NC(=S)NC(=O)COc2ccc(C(C)(C)C)cc2)c1. The van der Waals surface area contributed by atoms with Crippen LogP contribution in [0.4, 0.5) is 11.4 Å². The van der Waals surface area contributed by atoms with Crippen LogP contribution in [0.3, 0.4) is 0 Å². The van der Waals surface area contributed by atoms with Gasteiger partial charge in [-0.1, -0.05) is 52.8 Å². The second-order valence-electron chi connectivity index (χ2n) is 8.29. The molecule has 2 aromatic carbocycles. The Kier molecular flexibility index (Phi) is 7.94. The Bertz CT molecular complexity index is 903. The number of benzene rings is 2. The van der Waals surface area contributed by atoms with Gasteiger partial charge in [0.1, 0.15) is 5.75 Å². The zero-order valence-corrected chi connectivity index (χ0v) is 18.9. The molecule has 6 nitrogen and oxygen atoms in total. The number of carbonyl (C=O) groups excluding carboxylic acids is 2. The summed E-state index contributed by atoms with van der Waals surface area (Å²) in [5.41, 5.74) is 2.55. The average Bonchev–Trinajstić information content (AvgIpc) is 2.66. The maximum Gasteiger partial charge on any atom is 0.264 e. The van der Waals surface area contributed by atoms with E-state index in [1.807, 2.05) is 38.1 Å². The number of hydrogen-bond donors (Lipinski definition) is 3. The Balaban J connectivity index is 1.83. The summed E-state index contributed by atoms with van der Waals surface area (Å²) in [6.45, 7) is 9.90. The van der Waals surface area contributed by atoms with Crippen LogP contribution >= 0.6 is 12.2 Å². The molecule has 0 atom stereocenters. The van der Waals surface area contributed by atoms with Gasteiger partial charge in [-0.15, -0.1) is 0 Å². The quantitative estimate of drug-likeness (QED) is 0.593. The summed E-state index contributed by atoms with van der Waals surface area (Å²) in [6, 6.07) is 14.8. The third kappa shape index (κ3) is 7.48. The molecule has 0 aromatic heterocycles. The van der Waals surface area contributed by atoms with Crippen molar-refractivity contribution in [3.63, 3.8) is 0 Å². The van der Waals surface area contributed by atoms with Gasteiger partial charge in [-0.2, -0.15) is 0 Å². The molecule has 0 unspecified atom stereocenters. The van der Waals surface area contributed by atoms with E-state index in [0.29, 0.717) is 17.1 Å². The lowest BCUT2D eigenvalue weighted by atomic mass is 9.87. The number of rotatable bonds is 6. The largest absolute Gasteiger partial charge is 0.484 e. The Morgan fingerprint density at radius 2 is 1.60 bits per heavy atom. The number of anilines is 2. The number of nitrogens with one attached hydrogen (secondary N) is 3. The summed E-state index contributed by atoms with van der Waals surface area (Å²) in [4.78, 5) is 23.9. The molecule has 0 heterocycles. The fraction of sp³-hybridized carbons (Fsp3) is 0.348.